The molecule has 1 aromatic carbocycles. The van der Waals surface area contributed by atoms with E-state index in [4.69, 9.17) is 10.5 Å². The molecule has 0 aliphatic heterocycles. The van der Waals surface area contributed by atoms with Gasteiger partial charge in [0.25, 0.3) is 0 Å². The maximum atomic E-state index is 5.85. The number of halogens is 1. The minimum atomic E-state index is 0.779. The molecule has 0 radical (unpaired) electrons. The molecule has 0 aromatic heterocycles. The molecule has 0 saturated heterocycles. The van der Waals surface area contributed by atoms with Crippen molar-refractivity contribution in [2.24, 2.45) is 11.7 Å². The number of rotatable bonds is 7. The average Bonchev–Trinajstić information content (AvgIpc) is 2.30. The quantitative estimate of drug-likeness (QED) is 0.775. The van der Waals surface area contributed by atoms with Crippen molar-refractivity contribution in [3.05, 3.63) is 28.2 Å². The molecule has 3 heteroatoms. The molecule has 1 aliphatic rings. The molecule has 0 heterocycles. The number of aryl methyl sites for hydroxylation is 1. The van der Waals surface area contributed by atoms with Crippen LogP contribution in [0.1, 0.15) is 37.7 Å². The third kappa shape index (κ3) is 3.99. The largest absolute Gasteiger partial charge is 0.492 e. The van der Waals surface area contributed by atoms with Crippen molar-refractivity contribution in [3.8, 4) is 5.75 Å². The van der Waals surface area contributed by atoms with Crippen LogP contribution >= 0.6 is 15.9 Å². The molecule has 1 aliphatic carbocycles. The van der Waals surface area contributed by atoms with Crippen LogP contribution in [0.4, 0.5) is 0 Å². The maximum Gasteiger partial charge on any atom is 0.133 e. The van der Waals surface area contributed by atoms with Crippen LogP contribution in [0.25, 0.3) is 0 Å². The van der Waals surface area contributed by atoms with Crippen molar-refractivity contribution < 1.29 is 4.74 Å². The molecule has 2 rings (SSSR count). The number of unbranched alkanes of at least 4 members (excludes halogenated alkanes) is 1. The van der Waals surface area contributed by atoms with E-state index in [2.05, 4.69) is 34.1 Å². The highest BCUT2D eigenvalue weighted by Gasteiger charge is 2.18. The maximum absolute atomic E-state index is 5.85. The predicted molar refractivity (Wildman–Crippen MR) is 79.0 cm³/mol. The molecule has 0 bridgehead atoms. The van der Waals surface area contributed by atoms with E-state index < -0.39 is 0 Å². The molecule has 0 atom stereocenters. The van der Waals surface area contributed by atoms with E-state index in [-0.39, 0.29) is 0 Å². The predicted octanol–water partition coefficient (Wildman–Crippen LogP) is 3.91. The molecule has 2 N–H and O–H groups in total. The van der Waals surface area contributed by atoms with E-state index in [1.807, 2.05) is 0 Å². The Kier molecular flexibility index (Phi) is 5.51. The van der Waals surface area contributed by atoms with E-state index in [9.17, 15) is 0 Å². The average molecular weight is 312 g/mol. The molecule has 0 spiro atoms. The lowest BCUT2D eigenvalue weighted by atomic mass is 9.86. The smallest absolute Gasteiger partial charge is 0.133 e. The van der Waals surface area contributed by atoms with Crippen LogP contribution in [0, 0.1) is 5.92 Å². The van der Waals surface area contributed by atoms with Gasteiger partial charge in [0, 0.05) is 0 Å². The molecule has 2 nitrogen and oxygen atoms in total. The van der Waals surface area contributed by atoms with Crippen molar-refractivity contribution >= 4 is 15.9 Å². The Morgan fingerprint density at radius 1 is 1.28 bits per heavy atom. The third-order valence-corrected chi connectivity index (χ3v) is 4.23. The molecular formula is C15H22BrNO. The summed E-state index contributed by atoms with van der Waals surface area (Å²) in [7, 11) is 0. The van der Waals surface area contributed by atoms with Gasteiger partial charge in [-0.2, -0.15) is 0 Å². The molecule has 100 valence electrons. The fourth-order valence-corrected chi connectivity index (χ4v) is 2.70. The Morgan fingerprint density at radius 2 is 2.11 bits per heavy atom. The van der Waals surface area contributed by atoms with Crippen LogP contribution in [0.3, 0.4) is 0 Å². The van der Waals surface area contributed by atoms with Crippen molar-refractivity contribution in [3.63, 3.8) is 0 Å². The number of hydrogen-bond donors (Lipinski definition) is 1. The highest BCUT2D eigenvalue weighted by atomic mass is 79.9. The van der Waals surface area contributed by atoms with Crippen molar-refractivity contribution in [1.29, 1.82) is 0 Å². The number of ether oxygens (including phenoxy) is 1. The molecule has 1 fully saturated rings. The van der Waals surface area contributed by atoms with Gasteiger partial charge in [-0.3, -0.25) is 0 Å². The van der Waals surface area contributed by atoms with Crippen molar-refractivity contribution in [2.45, 2.75) is 38.5 Å². The molecular weight excluding hydrogens is 290 g/mol. The second-order valence-electron chi connectivity index (χ2n) is 5.12. The summed E-state index contributed by atoms with van der Waals surface area (Å²) in [5.74, 6) is 1.76. The van der Waals surface area contributed by atoms with Gasteiger partial charge in [0.1, 0.15) is 5.75 Å². The van der Waals surface area contributed by atoms with Crippen LogP contribution < -0.4 is 10.5 Å². The number of benzene rings is 1. The SMILES string of the molecule is NCCCCc1ccc(OCC2CCC2)c(Br)c1. The Hall–Kier alpha value is -0.540. The summed E-state index contributed by atoms with van der Waals surface area (Å²) in [6, 6.07) is 6.42. The summed E-state index contributed by atoms with van der Waals surface area (Å²) in [4.78, 5) is 0. The summed E-state index contributed by atoms with van der Waals surface area (Å²) >= 11 is 3.60. The van der Waals surface area contributed by atoms with Crippen LogP contribution in [0.15, 0.2) is 22.7 Å². The third-order valence-electron chi connectivity index (χ3n) is 3.62. The number of nitrogens with two attached hydrogens (primary N) is 1. The lowest BCUT2D eigenvalue weighted by molar-refractivity contribution is 0.180. The summed E-state index contributed by atoms with van der Waals surface area (Å²) in [5.41, 5.74) is 6.86. The standard InChI is InChI=1S/C15H22BrNO/c16-14-10-12(4-1-2-9-17)7-8-15(14)18-11-13-5-3-6-13/h7-8,10,13H,1-6,9,11,17H2. The van der Waals surface area contributed by atoms with Gasteiger partial charge in [0.2, 0.25) is 0 Å². The van der Waals surface area contributed by atoms with E-state index >= 15 is 0 Å². The van der Waals surface area contributed by atoms with E-state index in [0.717, 1.165) is 48.6 Å². The molecule has 18 heavy (non-hydrogen) atoms. The monoisotopic (exact) mass is 311 g/mol. The van der Waals surface area contributed by atoms with Crippen LogP contribution in [-0.2, 0) is 6.42 Å². The first-order valence-corrected chi connectivity index (χ1v) is 7.70. The second kappa shape index (κ2) is 7.15. The minimum Gasteiger partial charge on any atom is -0.492 e. The van der Waals surface area contributed by atoms with Crippen LogP contribution in [-0.4, -0.2) is 13.2 Å². The molecule has 0 unspecified atom stereocenters. The van der Waals surface area contributed by atoms with Crippen LogP contribution in [0.2, 0.25) is 0 Å². The van der Waals surface area contributed by atoms with Gasteiger partial charge in [-0.25, -0.2) is 0 Å². The summed E-state index contributed by atoms with van der Waals surface area (Å²) in [6.07, 6.45) is 7.38. The first kappa shape index (κ1) is 13.9. The summed E-state index contributed by atoms with van der Waals surface area (Å²) < 4.78 is 6.93. The highest BCUT2D eigenvalue weighted by molar-refractivity contribution is 9.10. The van der Waals surface area contributed by atoms with Gasteiger partial charge in [-0.05, 0) is 78.2 Å². The van der Waals surface area contributed by atoms with Crippen LogP contribution in [0.5, 0.6) is 5.75 Å². The fourth-order valence-electron chi connectivity index (χ4n) is 2.16. The Balaban J connectivity index is 1.83. The van der Waals surface area contributed by atoms with Gasteiger partial charge in [-0.1, -0.05) is 12.5 Å². The molecule has 0 amide bonds. The van der Waals surface area contributed by atoms with Crippen molar-refractivity contribution in [2.75, 3.05) is 13.2 Å². The Bertz CT molecular complexity index is 377. The van der Waals surface area contributed by atoms with Gasteiger partial charge in [0.05, 0.1) is 11.1 Å². The van der Waals surface area contributed by atoms with E-state index in [1.165, 1.54) is 24.8 Å². The second-order valence-corrected chi connectivity index (χ2v) is 5.97. The lowest BCUT2D eigenvalue weighted by Gasteiger charge is -2.25. The topological polar surface area (TPSA) is 35.2 Å². The van der Waals surface area contributed by atoms with Crippen molar-refractivity contribution in [1.82, 2.24) is 0 Å². The van der Waals surface area contributed by atoms with Gasteiger partial charge < -0.3 is 10.5 Å². The zero-order valence-electron chi connectivity index (χ0n) is 10.8. The van der Waals surface area contributed by atoms with E-state index in [0.29, 0.717) is 0 Å². The molecule has 1 aromatic rings. The zero-order chi connectivity index (χ0) is 12.8. The number of hydrogen-bond acceptors (Lipinski definition) is 2. The van der Waals surface area contributed by atoms with Gasteiger partial charge in [-0.15, -0.1) is 0 Å². The Labute approximate surface area is 118 Å². The molecule has 1 saturated carbocycles. The first-order valence-electron chi connectivity index (χ1n) is 6.91. The summed E-state index contributed by atoms with van der Waals surface area (Å²) in [6.45, 7) is 1.65. The zero-order valence-corrected chi connectivity index (χ0v) is 12.4. The van der Waals surface area contributed by atoms with E-state index in [1.54, 1.807) is 0 Å². The lowest BCUT2D eigenvalue weighted by Crippen LogP contribution is -2.19. The minimum absolute atomic E-state index is 0.779. The van der Waals surface area contributed by atoms with Gasteiger partial charge in [0.15, 0.2) is 0 Å². The fraction of sp³-hybridized carbons (Fsp3) is 0.600. The Morgan fingerprint density at radius 3 is 2.72 bits per heavy atom. The van der Waals surface area contributed by atoms with Gasteiger partial charge >= 0.3 is 0 Å². The normalized spacial score (nSPS) is 15.4. The summed E-state index contributed by atoms with van der Waals surface area (Å²) in [5, 5.41) is 0. The highest BCUT2D eigenvalue weighted by Crippen LogP contribution is 2.30. The first-order chi connectivity index (χ1) is 8.79.